The number of hydrogen-bond donors (Lipinski definition) is 0. The minimum atomic E-state index is -2.98. The van der Waals surface area contributed by atoms with Crippen molar-refractivity contribution in [1.82, 2.24) is 0 Å². The summed E-state index contributed by atoms with van der Waals surface area (Å²) >= 11 is 0. The molecule has 0 saturated carbocycles. The Morgan fingerprint density at radius 3 is 1.45 bits per heavy atom. The fraction of sp³-hybridized carbons (Fsp3) is 0.0526. The van der Waals surface area contributed by atoms with E-state index in [0.717, 1.165) is 0 Å². The lowest BCUT2D eigenvalue weighted by atomic mass is 9.34. The van der Waals surface area contributed by atoms with Crippen LogP contribution in [0.2, 0.25) is 0 Å². The minimum Gasteiger partial charge on any atom is -0.312 e. The van der Waals surface area contributed by atoms with E-state index in [0.29, 0.717) is 0 Å². The molecule has 2 aliphatic rings. The van der Waals surface area contributed by atoms with Crippen molar-refractivity contribution in [1.29, 1.82) is 0 Å². The Morgan fingerprint density at radius 2 is 0.867 bits per heavy atom. The molecule has 9 aromatic rings. The smallest absolute Gasteiger partial charge is 0.247 e. The van der Waals surface area contributed by atoms with Crippen molar-refractivity contribution in [2.45, 2.75) is 20.8 Å². The van der Waals surface area contributed by atoms with Gasteiger partial charge in [0.05, 0.1) is 0 Å². The van der Waals surface area contributed by atoms with Gasteiger partial charge in [-0.3, -0.25) is 0 Å². The molecule has 0 spiro atoms. The fourth-order valence-electron chi connectivity index (χ4n) is 10.7. The summed E-state index contributed by atoms with van der Waals surface area (Å²) in [7, 11) is -2.98. The van der Waals surface area contributed by atoms with Crippen LogP contribution in [0.25, 0.3) is 33.4 Å². The molecule has 0 saturated heterocycles. The third-order valence-electron chi connectivity index (χ3n) is 13.1. The monoisotopic (exact) mass is 781 g/mol. The van der Waals surface area contributed by atoms with E-state index in [4.69, 9.17) is 0 Å². The predicted octanol–water partition coefficient (Wildman–Crippen LogP) is 9.60. The van der Waals surface area contributed by atoms with Gasteiger partial charge in [-0.1, -0.05) is 204 Å². The van der Waals surface area contributed by atoms with E-state index in [2.05, 4.69) is 238 Å². The van der Waals surface area contributed by atoms with E-state index < -0.39 is 8.07 Å². The standard InChI is InChI=1S/C57H44BNSi/c1-39-33-40(2)56(41(3)34-39)58-50-27-16-17-29-52(50)59-53-32-31-44(47-36-45(42-19-8-4-9-20-42)35-46(37-47)43-21-10-5-11-22-43)38-55(53)60(48-23-12-6-13-24-48,49-25-14-7-15-26-49)54-30-18-28-51(58)57(54)59/h4-38H,1-3H3. The Kier molecular flexibility index (Phi) is 8.68. The van der Waals surface area contributed by atoms with Crippen LogP contribution in [0.4, 0.5) is 17.1 Å². The van der Waals surface area contributed by atoms with Crippen LogP contribution in [0, 0.1) is 20.8 Å². The molecule has 0 N–H and O–H groups in total. The summed E-state index contributed by atoms with van der Waals surface area (Å²) in [5.74, 6) is 0. The number of rotatable bonds is 6. The average molecular weight is 782 g/mol. The van der Waals surface area contributed by atoms with Gasteiger partial charge in [-0.05, 0) is 116 Å². The van der Waals surface area contributed by atoms with Crippen LogP contribution in [0.1, 0.15) is 16.7 Å². The van der Waals surface area contributed by atoms with Crippen LogP contribution in [0.5, 0.6) is 0 Å². The highest BCUT2D eigenvalue weighted by atomic mass is 28.3. The van der Waals surface area contributed by atoms with Crippen LogP contribution in [-0.2, 0) is 0 Å². The first-order valence-electron chi connectivity index (χ1n) is 21.1. The van der Waals surface area contributed by atoms with Crippen molar-refractivity contribution in [2.24, 2.45) is 0 Å². The molecule has 0 radical (unpaired) electrons. The summed E-state index contributed by atoms with van der Waals surface area (Å²) in [4.78, 5) is 2.63. The molecule has 3 heteroatoms. The second-order valence-corrected chi connectivity index (χ2v) is 20.4. The van der Waals surface area contributed by atoms with Gasteiger partial charge in [0.15, 0.2) is 8.07 Å². The van der Waals surface area contributed by atoms with E-state index in [-0.39, 0.29) is 6.71 Å². The molecule has 0 unspecified atom stereocenters. The zero-order valence-corrected chi connectivity index (χ0v) is 35.2. The lowest BCUT2D eigenvalue weighted by Gasteiger charge is -2.49. The number of para-hydroxylation sites is 2. The molecule has 2 heterocycles. The van der Waals surface area contributed by atoms with Gasteiger partial charge in [0.2, 0.25) is 6.71 Å². The maximum absolute atomic E-state index is 2.98. The summed E-state index contributed by atoms with van der Waals surface area (Å²) < 4.78 is 0. The quantitative estimate of drug-likeness (QED) is 0.152. The van der Waals surface area contributed by atoms with Gasteiger partial charge in [-0.25, -0.2) is 0 Å². The molecule has 0 amide bonds. The van der Waals surface area contributed by atoms with Crippen molar-refractivity contribution in [3.63, 3.8) is 0 Å². The number of aryl methyl sites for hydroxylation is 3. The van der Waals surface area contributed by atoms with Crippen molar-refractivity contribution < 1.29 is 0 Å². The molecule has 2 aliphatic heterocycles. The van der Waals surface area contributed by atoms with Crippen LogP contribution < -0.4 is 42.0 Å². The molecule has 0 bridgehead atoms. The van der Waals surface area contributed by atoms with E-state index in [1.54, 1.807) is 0 Å². The summed E-state index contributed by atoms with van der Waals surface area (Å²) in [5, 5.41) is 5.63. The lowest BCUT2D eigenvalue weighted by molar-refractivity contribution is 1.29. The largest absolute Gasteiger partial charge is 0.312 e. The number of hydrogen-bond acceptors (Lipinski definition) is 1. The first-order valence-corrected chi connectivity index (χ1v) is 23.1. The molecule has 0 atom stereocenters. The molecule has 11 rings (SSSR count). The van der Waals surface area contributed by atoms with Gasteiger partial charge in [0.1, 0.15) is 0 Å². The number of anilines is 3. The molecule has 0 fully saturated rings. The predicted molar refractivity (Wildman–Crippen MR) is 260 cm³/mol. The Balaban J connectivity index is 1.24. The van der Waals surface area contributed by atoms with E-state index in [9.17, 15) is 0 Å². The molecule has 0 aliphatic carbocycles. The maximum atomic E-state index is 2.63. The molecule has 60 heavy (non-hydrogen) atoms. The Labute approximate surface area is 355 Å². The number of fused-ring (bicyclic) bond motifs is 4. The molecule has 9 aromatic carbocycles. The summed E-state index contributed by atoms with van der Waals surface area (Å²) in [6.07, 6.45) is 0. The summed E-state index contributed by atoms with van der Waals surface area (Å²) in [5.41, 5.74) is 19.3. The number of nitrogens with zero attached hydrogens (tertiary/aromatic N) is 1. The normalized spacial score (nSPS) is 13.3. The van der Waals surface area contributed by atoms with Crippen LogP contribution in [0.3, 0.4) is 0 Å². The molecule has 284 valence electrons. The Bertz CT molecular complexity index is 2950. The second kappa shape index (κ2) is 14.4. The first kappa shape index (κ1) is 36.2. The third-order valence-corrected chi connectivity index (χ3v) is 17.9. The fourth-order valence-corrected chi connectivity index (χ4v) is 15.8. The second-order valence-electron chi connectivity index (χ2n) is 16.6. The van der Waals surface area contributed by atoms with Crippen LogP contribution in [-0.4, -0.2) is 14.8 Å². The number of benzene rings is 9. The first-order chi connectivity index (χ1) is 29.5. The van der Waals surface area contributed by atoms with E-state index >= 15 is 0 Å². The van der Waals surface area contributed by atoms with Crippen molar-refractivity contribution in [3.05, 3.63) is 229 Å². The van der Waals surface area contributed by atoms with Crippen molar-refractivity contribution >= 4 is 69.0 Å². The van der Waals surface area contributed by atoms with Crippen molar-refractivity contribution in [2.75, 3.05) is 4.90 Å². The van der Waals surface area contributed by atoms with Gasteiger partial charge < -0.3 is 4.90 Å². The van der Waals surface area contributed by atoms with Gasteiger partial charge in [0.25, 0.3) is 0 Å². The minimum absolute atomic E-state index is 0.101. The van der Waals surface area contributed by atoms with Crippen molar-refractivity contribution in [3.8, 4) is 33.4 Å². The molecular weight excluding hydrogens is 738 g/mol. The average Bonchev–Trinajstić information content (AvgIpc) is 3.30. The highest BCUT2D eigenvalue weighted by Gasteiger charge is 2.52. The van der Waals surface area contributed by atoms with E-state index in [1.165, 1.54) is 104 Å². The van der Waals surface area contributed by atoms with Gasteiger partial charge in [0, 0.05) is 17.1 Å². The molecule has 1 nitrogen and oxygen atoms in total. The zero-order valence-electron chi connectivity index (χ0n) is 34.2. The van der Waals surface area contributed by atoms with Crippen LogP contribution in [0.15, 0.2) is 212 Å². The van der Waals surface area contributed by atoms with Gasteiger partial charge in [-0.15, -0.1) is 0 Å². The third kappa shape index (κ3) is 5.61. The topological polar surface area (TPSA) is 3.24 Å². The maximum Gasteiger partial charge on any atom is 0.247 e. The highest BCUT2D eigenvalue weighted by molar-refractivity contribution is 7.22. The van der Waals surface area contributed by atoms with E-state index in [1.807, 2.05) is 0 Å². The van der Waals surface area contributed by atoms with Gasteiger partial charge >= 0.3 is 0 Å². The lowest BCUT2D eigenvalue weighted by Crippen LogP contribution is -2.78. The Hall–Kier alpha value is -6.94. The SMILES string of the molecule is Cc1cc(C)c(B2c3ccccc3N3c4ccc(-c5cc(-c6ccccc6)cc(-c6ccccc6)c5)cc4[Si](c4ccccc4)(c4ccccc4)c4cccc2c43)c(C)c1. The summed E-state index contributed by atoms with van der Waals surface area (Å²) in [6, 6.07) is 80.2. The highest BCUT2D eigenvalue weighted by Crippen LogP contribution is 2.41. The zero-order chi connectivity index (χ0) is 40.4. The molecule has 0 aromatic heterocycles. The van der Waals surface area contributed by atoms with Crippen LogP contribution >= 0.6 is 0 Å². The van der Waals surface area contributed by atoms with Gasteiger partial charge in [-0.2, -0.15) is 0 Å². The summed E-state index contributed by atoms with van der Waals surface area (Å²) in [6.45, 7) is 6.93. The Morgan fingerprint density at radius 1 is 0.367 bits per heavy atom. The molecular formula is C57H44BNSi.